The summed E-state index contributed by atoms with van der Waals surface area (Å²) >= 11 is 6.10. The fourth-order valence-electron chi connectivity index (χ4n) is 4.28. The van der Waals surface area contributed by atoms with Crippen LogP contribution in [0.4, 0.5) is 5.69 Å². The van der Waals surface area contributed by atoms with E-state index in [0.29, 0.717) is 46.0 Å². The minimum Gasteiger partial charge on any atom is -0.496 e. The topological polar surface area (TPSA) is 96.7 Å². The smallest absolute Gasteiger partial charge is 0.255 e. The van der Waals surface area contributed by atoms with Crippen LogP contribution in [0.3, 0.4) is 0 Å². The summed E-state index contributed by atoms with van der Waals surface area (Å²) in [7, 11) is 1.50. The van der Waals surface area contributed by atoms with Crippen molar-refractivity contribution in [2.45, 2.75) is 39.7 Å². The normalized spacial score (nSPS) is 15.6. The number of rotatable bonds is 9. The second kappa shape index (κ2) is 12.3. The highest BCUT2D eigenvalue weighted by atomic mass is 35.5. The molecule has 1 fully saturated rings. The third-order valence-electron chi connectivity index (χ3n) is 6.71. The van der Waals surface area contributed by atoms with Crippen LogP contribution in [0.1, 0.15) is 53.0 Å². The van der Waals surface area contributed by atoms with Crippen LogP contribution in [-0.2, 0) is 0 Å². The van der Waals surface area contributed by atoms with Crippen molar-refractivity contribution in [3.63, 3.8) is 0 Å². The predicted octanol–water partition coefficient (Wildman–Crippen LogP) is 4.14. The number of likely N-dealkylation sites (tertiary alicyclic amines) is 1. The molecule has 4 N–H and O–H groups in total. The molecule has 1 aliphatic rings. The zero-order chi connectivity index (χ0) is 25.5. The Morgan fingerprint density at radius 1 is 1.14 bits per heavy atom. The molecule has 7 nitrogen and oxygen atoms in total. The van der Waals surface area contributed by atoms with E-state index in [4.69, 9.17) is 22.1 Å². The van der Waals surface area contributed by atoms with Gasteiger partial charge in [-0.1, -0.05) is 43.1 Å². The summed E-state index contributed by atoms with van der Waals surface area (Å²) < 4.78 is 5.29. The SMILES string of the molecule is COc1cc(N)c(Cl)cc1C(=O)NCC1CCN(CC(NC(=O)c2ccc(C)cc2)C(C)C)CC1. The maximum Gasteiger partial charge on any atom is 0.255 e. The molecule has 0 spiro atoms. The van der Waals surface area contributed by atoms with Gasteiger partial charge in [0.1, 0.15) is 5.75 Å². The first-order valence-corrected chi connectivity index (χ1v) is 12.6. The number of nitrogen functional groups attached to an aromatic ring is 1. The van der Waals surface area contributed by atoms with Gasteiger partial charge in [-0.3, -0.25) is 9.59 Å². The molecule has 2 amide bonds. The number of benzene rings is 2. The molecule has 1 aliphatic heterocycles. The molecule has 0 aromatic heterocycles. The number of anilines is 1. The summed E-state index contributed by atoms with van der Waals surface area (Å²) in [5.74, 6) is 0.879. The third kappa shape index (κ3) is 7.36. The molecule has 1 unspecified atom stereocenters. The summed E-state index contributed by atoms with van der Waals surface area (Å²) in [5, 5.41) is 6.57. The Labute approximate surface area is 213 Å². The Morgan fingerprint density at radius 3 is 2.40 bits per heavy atom. The van der Waals surface area contributed by atoms with E-state index in [9.17, 15) is 9.59 Å². The molecule has 1 heterocycles. The van der Waals surface area contributed by atoms with Crippen LogP contribution in [-0.4, -0.2) is 56.0 Å². The van der Waals surface area contributed by atoms with Gasteiger partial charge >= 0.3 is 0 Å². The van der Waals surface area contributed by atoms with Crippen molar-refractivity contribution >= 4 is 29.1 Å². The quantitative estimate of drug-likeness (QED) is 0.450. The van der Waals surface area contributed by atoms with Crippen LogP contribution in [0.5, 0.6) is 5.75 Å². The molecule has 1 atom stereocenters. The Morgan fingerprint density at radius 2 is 1.80 bits per heavy atom. The second-order valence-corrected chi connectivity index (χ2v) is 10.1. The average Bonchev–Trinajstić information content (AvgIpc) is 2.84. The van der Waals surface area contributed by atoms with E-state index >= 15 is 0 Å². The molecular formula is C27H37ClN4O3. The van der Waals surface area contributed by atoms with E-state index in [1.165, 1.54) is 7.11 Å². The molecular weight excluding hydrogens is 464 g/mol. The third-order valence-corrected chi connectivity index (χ3v) is 7.04. The van der Waals surface area contributed by atoms with Gasteiger partial charge in [-0.15, -0.1) is 0 Å². The lowest BCUT2D eigenvalue weighted by atomic mass is 9.95. The van der Waals surface area contributed by atoms with Crippen molar-refractivity contribution < 1.29 is 14.3 Å². The van der Waals surface area contributed by atoms with Crippen LogP contribution < -0.4 is 21.1 Å². The van der Waals surface area contributed by atoms with E-state index < -0.39 is 0 Å². The number of carbonyl (C=O) groups is 2. The average molecular weight is 501 g/mol. The highest BCUT2D eigenvalue weighted by Gasteiger charge is 2.25. The zero-order valence-corrected chi connectivity index (χ0v) is 21.8. The van der Waals surface area contributed by atoms with Crippen LogP contribution >= 0.6 is 11.6 Å². The number of hydrogen-bond donors (Lipinski definition) is 3. The predicted molar refractivity (Wildman–Crippen MR) is 141 cm³/mol. The van der Waals surface area contributed by atoms with Crippen molar-refractivity contribution in [3.8, 4) is 5.75 Å². The number of aryl methyl sites for hydroxylation is 1. The molecule has 2 aromatic carbocycles. The minimum absolute atomic E-state index is 0.0282. The van der Waals surface area contributed by atoms with E-state index in [0.717, 1.165) is 38.0 Å². The van der Waals surface area contributed by atoms with Gasteiger partial charge in [-0.25, -0.2) is 0 Å². The number of piperidine rings is 1. The molecule has 190 valence electrons. The lowest BCUT2D eigenvalue weighted by molar-refractivity contribution is 0.0890. The Kier molecular flexibility index (Phi) is 9.40. The number of amides is 2. The van der Waals surface area contributed by atoms with Gasteiger partial charge < -0.3 is 26.0 Å². The van der Waals surface area contributed by atoms with Crippen LogP contribution in [0.15, 0.2) is 36.4 Å². The first-order valence-electron chi connectivity index (χ1n) is 12.2. The van der Waals surface area contributed by atoms with Gasteiger partial charge in [0.25, 0.3) is 11.8 Å². The Hall–Kier alpha value is -2.77. The van der Waals surface area contributed by atoms with Gasteiger partial charge in [0.05, 0.1) is 23.4 Å². The number of nitrogens with two attached hydrogens (primary N) is 1. The van der Waals surface area contributed by atoms with Gasteiger partial charge in [0.2, 0.25) is 0 Å². The highest BCUT2D eigenvalue weighted by molar-refractivity contribution is 6.33. The Balaban J connectivity index is 1.48. The van der Waals surface area contributed by atoms with Crippen molar-refractivity contribution in [1.29, 1.82) is 0 Å². The van der Waals surface area contributed by atoms with Crippen LogP contribution in [0.2, 0.25) is 5.02 Å². The number of nitrogens with one attached hydrogen (secondary N) is 2. The number of ether oxygens (including phenoxy) is 1. The monoisotopic (exact) mass is 500 g/mol. The van der Waals surface area contributed by atoms with E-state index in [-0.39, 0.29) is 17.9 Å². The molecule has 0 saturated carbocycles. The highest BCUT2D eigenvalue weighted by Crippen LogP contribution is 2.29. The maximum atomic E-state index is 12.7. The summed E-state index contributed by atoms with van der Waals surface area (Å²) in [6, 6.07) is 10.8. The first kappa shape index (κ1) is 26.8. The number of carbonyl (C=O) groups excluding carboxylic acids is 2. The number of nitrogens with zero attached hydrogens (tertiary/aromatic N) is 1. The van der Waals surface area contributed by atoms with Gasteiger partial charge in [0.15, 0.2) is 0 Å². The van der Waals surface area contributed by atoms with Crippen molar-refractivity contribution in [1.82, 2.24) is 15.5 Å². The molecule has 3 rings (SSSR count). The van der Waals surface area contributed by atoms with E-state index in [1.54, 1.807) is 12.1 Å². The van der Waals surface area contributed by atoms with Crippen molar-refractivity contribution in [3.05, 3.63) is 58.1 Å². The molecule has 0 radical (unpaired) electrons. The fourth-order valence-corrected chi connectivity index (χ4v) is 4.44. The number of methoxy groups -OCH3 is 1. The number of halogens is 1. The van der Waals surface area contributed by atoms with Gasteiger partial charge in [-0.2, -0.15) is 0 Å². The van der Waals surface area contributed by atoms with Crippen LogP contribution in [0, 0.1) is 18.8 Å². The standard InChI is InChI=1S/C27H37ClN4O3/c1-17(2)24(31-26(33)20-7-5-18(3)6-8-20)16-32-11-9-19(10-12-32)15-30-27(34)21-13-22(28)23(29)14-25(21)35-4/h5-8,13-14,17,19,24H,9-12,15-16,29H2,1-4H3,(H,30,34)(H,31,33). The minimum atomic E-state index is -0.218. The molecule has 8 heteroatoms. The van der Waals surface area contributed by atoms with E-state index in [1.807, 2.05) is 31.2 Å². The van der Waals surface area contributed by atoms with Crippen LogP contribution in [0.25, 0.3) is 0 Å². The Bertz CT molecular complexity index is 1020. The summed E-state index contributed by atoms with van der Waals surface area (Å²) in [5.41, 5.74) is 8.40. The molecule has 2 aromatic rings. The fraction of sp³-hybridized carbons (Fsp3) is 0.481. The molecule has 1 saturated heterocycles. The van der Waals surface area contributed by atoms with Gasteiger partial charge in [0, 0.05) is 30.8 Å². The van der Waals surface area contributed by atoms with E-state index in [2.05, 4.69) is 29.4 Å². The summed E-state index contributed by atoms with van der Waals surface area (Å²) in [4.78, 5) is 27.8. The lowest BCUT2D eigenvalue weighted by Gasteiger charge is -2.35. The zero-order valence-electron chi connectivity index (χ0n) is 21.1. The van der Waals surface area contributed by atoms with Gasteiger partial charge in [-0.05, 0) is 62.9 Å². The molecule has 0 bridgehead atoms. The number of hydrogen-bond acceptors (Lipinski definition) is 5. The van der Waals surface area contributed by atoms with Crippen molar-refractivity contribution in [2.24, 2.45) is 11.8 Å². The maximum absolute atomic E-state index is 12.7. The summed E-state index contributed by atoms with van der Waals surface area (Å²) in [6.07, 6.45) is 1.97. The molecule has 0 aliphatic carbocycles. The van der Waals surface area contributed by atoms with Crippen molar-refractivity contribution in [2.75, 3.05) is 39.0 Å². The largest absolute Gasteiger partial charge is 0.496 e. The summed E-state index contributed by atoms with van der Waals surface area (Å²) in [6.45, 7) is 9.56. The second-order valence-electron chi connectivity index (χ2n) is 9.72. The molecule has 35 heavy (non-hydrogen) atoms. The lowest BCUT2D eigenvalue weighted by Crippen LogP contribution is -2.49. The first-order chi connectivity index (χ1) is 16.7.